The van der Waals surface area contributed by atoms with Gasteiger partial charge in [-0.15, -0.1) is 6.58 Å². The summed E-state index contributed by atoms with van der Waals surface area (Å²) < 4.78 is 1.35. The van der Waals surface area contributed by atoms with Crippen LogP contribution >= 0.6 is 0 Å². The van der Waals surface area contributed by atoms with Crippen molar-refractivity contribution in [3.63, 3.8) is 0 Å². The number of rotatable bonds is 5. The minimum absolute atomic E-state index is 0.0757. The first-order chi connectivity index (χ1) is 14.1. The molecule has 8 nitrogen and oxygen atoms in total. The molecule has 0 aliphatic carbocycles. The van der Waals surface area contributed by atoms with Crippen molar-refractivity contribution in [1.82, 2.24) is 20.0 Å². The van der Waals surface area contributed by atoms with E-state index >= 15 is 0 Å². The fraction of sp³-hybridized carbons (Fsp3) is 0.0476. The molecule has 0 aliphatic heterocycles. The number of aromatic nitrogens is 3. The van der Waals surface area contributed by atoms with E-state index in [2.05, 4.69) is 27.0 Å². The van der Waals surface area contributed by atoms with Crippen molar-refractivity contribution in [1.29, 1.82) is 0 Å². The first kappa shape index (κ1) is 18.2. The van der Waals surface area contributed by atoms with E-state index < -0.39 is 5.91 Å². The van der Waals surface area contributed by atoms with Gasteiger partial charge in [0.1, 0.15) is 22.6 Å². The summed E-state index contributed by atoms with van der Waals surface area (Å²) >= 11 is 0. The first-order valence-corrected chi connectivity index (χ1v) is 8.88. The summed E-state index contributed by atoms with van der Waals surface area (Å²) in [6, 6.07) is 14.1. The summed E-state index contributed by atoms with van der Waals surface area (Å²) in [7, 11) is 0. The van der Waals surface area contributed by atoms with E-state index in [0.29, 0.717) is 27.8 Å². The minimum atomic E-state index is -0.395. The Morgan fingerprint density at radius 2 is 1.86 bits per heavy atom. The third-order valence-electron chi connectivity index (χ3n) is 4.36. The number of phenols is 1. The molecule has 0 unspecified atom stereocenters. The quantitative estimate of drug-likeness (QED) is 0.360. The Bertz CT molecular complexity index is 1280. The number of nitrogens with zero attached hydrogens (tertiary/aromatic N) is 4. The second-order valence-corrected chi connectivity index (χ2v) is 6.26. The van der Waals surface area contributed by atoms with Gasteiger partial charge in [-0.3, -0.25) is 4.79 Å². The maximum atomic E-state index is 12.7. The number of nitrogens with one attached hydrogen (secondary N) is 1. The zero-order valence-electron chi connectivity index (χ0n) is 15.4. The van der Waals surface area contributed by atoms with Crippen LogP contribution in [0.4, 0.5) is 5.82 Å². The Hall–Kier alpha value is -4.20. The number of aromatic hydroxyl groups is 1. The van der Waals surface area contributed by atoms with Gasteiger partial charge in [-0.05, 0) is 24.3 Å². The number of carbonyl (C=O) groups excluding carboxylic acids is 1. The zero-order chi connectivity index (χ0) is 20.4. The first-order valence-electron chi connectivity index (χ1n) is 8.88. The third-order valence-corrected chi connectivity index (χ3v) is 4.36. The molecule has 0 aliphatic rings. The van der Waals surface area contributed by atoms with E-state index in [1.54, 1.807) is 30.3 Å². The summed E-state index contributed by atoms with van der Waals surface area (Å²) in [6.45, 7) is 3.89. The summed E-state index contributed by atoms with van der Waals surface area (Å²) in [4.78, 5) is 21.9. The van der Waals surface area contributed by atoms with Crippen LogP contribution in [0.1, 0.15) is 15.9 Å². The van der Waals surface area contributed by atoms with Crippen molar-refractivity contribution in [2.24, 2.45) is 5.10 Å². The molecule has 144 valence electrons. The van der Waals surface area contributed by atoms with Crippen LogP contribution in [0.3, 0.4) is 0 Å². The number of nitrogen functional groups attached to an aromatic ring is 1. The zero-order valence-corrected chi connectivity index (χ0v) is 15.4. The number of anilines is 1. The van der Waals surface area contributed by atoms with Gasteiger partial charge in [-0.2, -0.15) is 9.78 Å². The van der Waals surface area contributed by atoms with E-state index in [0.717, 1.165) is 0 Å². The van der Waals surface area contributed by atoms with Crippen LogP contribution in [0.25, 0.3) is 22.2 Å². The van der Waals surface area contributed by atoms with Gasteiger partial charge in [0.2, 0.25) is 0 Å². The summed E-state index contributed by atoms with van der Waals surface area (Å²) in [5.74, 6) is -0.219. The fourth-order valence-electron chi connectivity index (χ4n) is 2.96. The number of hydrogen-bond donors (Lipinski definition) is 3. The normalized spacial score (nSPS) is 11.3. The molecule has 1 amide bonds. The van der Waals surface area contributed by atoms with Gasteiger partial charge in [0, 0.05) is 12.1 Å². The fourth-order valence-corrected chi connectivity index (χ4v) is 2.96. The van der Waals surface area contributed by atoms with Gasteiger partial charge >= 0.3 is 0 Å². The molecule has 0 atom stereocenters. The minimum Gasteiger partial charge on any atom is -0.507 e. The second-order valence-electron chi connectivity index (χ2n) is 6.26. The molecule has 4 N–H and O–H groups in total. The highest BCUT2D eigenvalue weighted by molar-refractivity contribution is 6.10. The molecule has 0 spiro atoms. The van der Waals surface area contributed by atoms with Crippen LogP contribution in [0, 0.1) is 0 Å². The van der Waals surface area contributed by atoms with Gasteiger partial charge in [0.25, 0.3) is 5.91 Å². The van der Waals surface area contributed by atoms with E-state index in [4.69, 9.17) is 5.73 Å². The monoisotopic (exact) mass is 386 g/mol. The van der Waals surface area contributed by atoms with Crippen LogP contribution in [0.15, 0.2) is 66.3 Å². The highest BCUT2D eigenvalue weighted by Crippen LogP contribution is 2.28. The molecule has 2 aromatic carbocycles. The van der Waals surface area contributed by atoms with Crippen molar-refractivity contribution in [3.8, 4) is 5.75 Å². The van der Waals surface area contributed by atoms with Crippen LogP contribution in [0.2, 0.25) is 0 Å². The molecule has 0 saturated heterocycles. The van der Waals surface area contributed by atoms with Gasteiger partial charge in [-0.25, -0.2) is 9.97 Å². The Morgan fingerprint density at radius 1 is 1.17 bits per heavy atom. The van der Waals surface area contributed by atoms with Crippen molar-refractivity contribution < 1.29 is 9.90 Å². The maximum absolute atomic E-state index is 12.7. The smallest absolute Gasteiger partial charge is 0.257 e. The van der Waals surface area contributed by atoms with Crippen molar-refractivity contribution in [2.45, 2.75) is 0 Å². The molecule has 4 rings (SSSR count). The molecule has 29 heavy (non-hydrogen) atoms. The van der Waals surface area contributed by atoms with E-state index in [9.17, 15) is 9.90 Å². The molecule has 0 bridgehead atoms. The lowest BCUT2D eigenvalue weighted by atomic mass is 10.2. The highest BCUT2D eigenvalue weighted by Gasteiger charge is 2.23. The Balaban J connectivity index is 1.94. The van der Waals surface area contributed by atoms with E-state index in [-0.39, 0.29) is 23.7 Å². The van der Waals surface area contributed by atoms with Crippen LogP contribution in [0.5, 0.6) is 5.75 Å². The summed E-state index contributed by atoms with van der Waals surface area (Å²) in [5.41, 5.74) is 8.94. The average Bonchev–Trinajstić information content (AvgIpc) is 3.00. The van der Waals surface area contributed by atoms with Crippen LogP contribution < -0.4 is 11.1 Å². The van der Waals surface area contributed by atoms with Crippen molar-refractivity contribution >= 4 is 40.1 Å². The molecule has 0 fully saturated rings. The SMILES string of the molecule is C=CCNC(=O)c1c(N)n(/N=C/c2ccccc2O)c2nc3ccccc3nc12. The standard InChI is InChI=1S/C21H18N6O2/c1-2-11-23-21(29)17-18-20(26-15-9-5-4-8-14(15)25-18)27(19(17)22)24-12-13-7-3-6-10-16(13)28/h2-10,12,28H,1,11,22H2,(H,23,29)/b24-12+. The number of benzene rings is 2. The second kappa shape index (κ2) is 7.43. The van der Waals surface area contributed by atoms with Crippen molar-refractivity contribution in [2.75, 3.05) is 12.3 Å². The average molecular weight is 386 g/mol. The van der Waals surface area contributed by atoms with Gasteiger partial charge in [0.05, 0.1) is 17.2 Å². The number of carbonyl (C=O) groups is 1. The number of fused-ring (bicyclic) bond motifs is 2. The Morgan fingerprint density at radius 3 is 2.59 bits per heavy atom. The molecule has 0 radical (unpaired) electrons. The molecular weight excluding hydrogens is 368 g/mol. The highest BCUT2D eigenvalue weighted by atomic mass is 16.3. The Kier molecular flexibility index (Phi) is 4.66. The lowest BCUT2D eigenvalue weighted by Crippen LogP contribution is -2.24. The number of para-hydroxylation sites is 3. The van der Waals surface area contributed by atoms with Crippen LogP contribution in [-0.4, -0.2) is 38.4 Å². The van der Waals surface area contributed by atoms with Gasteiger partial charge < -0.3 is 16.2 Å². The van der Waals surface area contributed by atoms with Crippen LogP contribution in [-0.2, 0) is 0 Å². The maximum Gasteiger partial charge on any atom is 0.257 e. The molecular formula is C21H18N6O2. The number of hydrogen-bond acceptors (Lipinski definition) is 6. The lowest BCUT2D eigenvalue weighted by Gasteiger charge is -2.03. The van der Waals surface area contributed by atoms with Crippen molar-refractivity contribution in [3.05, 3.63) is 72.3 Å². The number of amides is 1. The van der Waals surface area contributed by atoms with Gasteiger partial charge in [0.15, 0.2) is 5.65 Å². The van der Waals surface area contributed by atoms with E-state index in [1.165, 1.54) is 10.9 Å². The summed E-state index contributed by atoms with van der Waals surface area (Å²) in [6.07, 6.45) is 3.03. The molecule has 4 aromatic rings. The predicted molar refractivity (Wildman–Crippen MR) is 113 cm³/mol. The third kappa shape index (κ3) is 3.27. The largest absolute Gasteiger partial charge is 0.507 e. The molecule has 0 saturated carbocycles. The summed E-state index contributed by atoms with van der Waals surface area (Å²) in [5, 5.41) is 17.0. The lowest BCUT2D eigenvalue weighted by molar-refractivity contribution is 0.0960. The molecule has 8 heteroatoms. The molecule has 2 aromatic heterocycles. The predicted octanol–water partition coefficient (Wildman–Crippen LogP) is 2.67. The topological polar surface area (TPSA) is 118 Å². The number of phenolic OH excluding ortho intramolecular Hbond substituents is 1. The van der Waals surface area contributed by atoms with Gasteiger partial charge in [-0.1, -0.05) is 30.3 Å². The Labute approximate surface area is 166 Å². The van der Waals surface area contributed by atoms with E-state index in [1.807, 2.05) is 24.3 Å². The molecule has 2 heterocycles. The number of nitrogens with two attached hydrogens (primary N) is 1.